The van der Waals surface area contributed by atoms with E-state index in [0.29, 0.717) is 12.1 Å². The average molecular weight is 240 g/mol. The first-order chi connectivity index (χ1) is 7.79. The van der Waals surface area contributed by atoms with Crippen LogP contribution in [0.3, 0.4) is 0 Å². The van der Waals surface area contributed by atoms with Crippen LogP contribution in [0.2, 0.25) is 0 Å². The Labute approximate surface area is 106 Å². The van der Waals surface area contributed by atoms with Gasteiger partial charge in [-0.3, -0.25) is 4.90 Å². The van der Waals surface area contributed by atoms with Crippen LogP contribution in [0.4, 0.5) is 0 Å². The van der Waals surface area contributed by atoms with Crippen LogP contribution in [0.15, 0.2) is 0 Å². The third-order valence-corrected chi connectivity index (χ3v) is 3.91. The zero-order valence-electron chi connectivity index (χ0n) is 12.0. The maximum Gasteiger partial charge on any atom is 0.0760 e. The van der Waals surface area contributed by atoms with E-state index in [2.05, 4.69) is 44.8 Å². The van der Waals surface area contributed by atoms with E-state index < -0.39 is 0 Å². The fraction of sp³-hybridized carbons (Fsp3) is 1.00. The molecule has 0 aromatic rings. The van der Waals surface area contributed by atoms with Crippen molar-refractivity contribution in [2.24, 2.45) is 0 Å². The molecule has 0 bridgehead atoms. The summed E-state index contributed by atoms with van der Waals surface area (Å²) in [5.41, 5.74) is -0.0577. The molecule has 17 heavy (non-hydrogen) atoms. The molecule has 2 atom stereocenters. The van der Waals surface area contributed by atoms with E-state index >= 15 is 0 Å². The van der Waals surface area contributed by atoms with Crippen LogP contribution in [0.25, 0.3) is 0 Å². The van der Waals surface area contributed by atoms with Crippen molar-refractivity contribution >= 4 is 0 Å². The predicted octanol–water partition coefficient (Wildman–Crippen LogP) is 2.02. The molecule has 3 nitrogen and oxygen atoms in total. The second kappa shape index (κ2) is 4.52. The molecule has 0 radical (unpaired) electrons. The average Bonchev–Trinajstić information content (AvgIpc) is 2.13. The van der Waals surface area contributed by atoms with Crippen LogP contribution in [0.1, 0.15) is 47.5 Å². The van der Waals surface area contributed by atoms with Crippen molar-refractivity contribution in [1.29, 1.82) is 0 Å². The monoisotopic (exact) mass is 240 g/mol. The summed E-state index contributed by atoms with van der Waals surface area (Å²) in [6, 6.07) is 1.28. The summed E-state index contributed by atoms with van der Waals surface area (Å²) < 4.78 is 6.16. The van der Waals surface area contributed by atoms with Gasteiger partial charge in [0.25, 0.3) is 0 Å². The van der Waals surface area contributed by atoms with E-state index in [1.54, 1.807) is 0 Å². The van der Waals surface area contributed by atoms with Crippen LogP contribution in [0, 0.1) is 0 Å². The highest BCUT2D eigenvalue weighted by Crippen LogP contribution is 2.31. The van der Waals surface area contributed by atoms with E-state index in [4.69, 9.17) is 4.74 Å². The summed E-state index contributed by atoms with van der Waals surface area (Å²) in [6.07, 6.45) is 2.62. The highest BCUT2D eigenvalue weighted by molar-refractivity contribution is 4.95. The number of nitrogens with one attached hydrogen (secondary N) is 1. The van der Waals surface area contributed by atoms with Crippen LogP contribution < -0.4 is 5.32 Å². The van der Waals surface area contributed by atoms with Crippen molar-refractivity contribution in [3.63, 3.8) is 0 Å². The fourth-order valence-corrected chi connectivity index (χ4v) is 3.61. The van der Waals surface area contributed by atoms with Crippen molar-refractivity contribution in [1.82, 2.24) is 10.2 Å². The van der Waals surface area contributed by atoms with Gasteiger partial charge in [-0.05, 0) is 54.0 Å². The van der Waals surface area contributed by atoms with E-state index in [9.17, 15) is 0 Å². The molecular formula is C14H28N2O. The molecule has 3 heteroatoms. The van der Waals surface area contributed by atoms with Crippen LogP contribution in [-0.4, -0.2) is 47.8 Å². The smallest absolute Gasteiger partial charge is 0.0760 e. The molecule has 0 aliphatic carbocycles. The molecule has 2 unspecified atom stereocenters. The summed E-state index contributed by atoms with van der Waals surface area (Å²) in [5, 5.41) is 3.60. The van der Waals surface area contributed by atoms with E-state index in [1.165, 1.54) is 19.4 Å². The molecule has 1 N–H and O–H groups in total. The van der Waals surface area contributed by atoms with Crippen molar-refractivity contribution in [3.05, 3.63) is 0 Å². The maximum absolute atomic E-state index is 6.16. The van der Waals surface area contributed by atoms with Crippen LogP contribution >= 0.6 is 0 Å². The SMILES string of the molecule is CC1NCCCC1N1CC(C)(C)OC(C)(C)C1. The minimum atomic E-state index is -0.0289. The summed E-state index contributed by atoms with van der Waals surface area (Å²) >= 11 is 0. The Hall–Kier alpha value is -0.120. The molecule has 0 aromatic carbocycles. The summed E-state index contributed by atoms with van der Waals surface area (Å²) in [5.74, 6) is 0. The van der Waals surface area contributed by atoms with Crippen LogP contribution in [-0.2, 0) is 4.74 Å². The third kappa shape index (κ3) is 3.21. The first kappa shape index (κ1) is 13.3. The first-order valence-corrected chi connectivity index (χ1v) is 6.97. The molecule has 0 saturated carbocycles. The Morgan fingerprint density at radius 3 is 2.24 bits per heavy atom. The molecule has 2 heterocycles. The highest BCUT2D eigenvalue weighted by atomic mass is 16.5. The molecule has 0 amide bonds. The minimum absolute atomic E-state index is 0.0289. The predicted molar refractivity (Wildman–Crippen MR) is 71.3 cm³/mol. The van der Waals surface area contributed by atoms with Gasteiger partial charge in [0.1, 0.15) is 0 Å². The summed E-state index contributed by atoms with van der Waals surface area (Å²) in [6.45, 7) is 14.4. The summed E-state index contributed by atoms with van der Waals surface area (Å²) in [7, 11) is 0. The van der Waals surface area contributed by atoms with E-state index in [-0.39, 0.29) is 11.2 Å². The van der Waals surface area contributed by atoms with Gasteiger partial charge >= 0.3 is 0 Å². The molecule has 2 fully saturated rings. The van der Waals surface area contributed by atoms with Gasteiger partial charge in [-0.25, -0.2) is 0 Å². The van der Waals surface area contributed by atoms with Gasteiger partial charge in [-0.2, -0.15) is 0 Å². The third-order valence-electron chi connectivity index (χ3n) is 3.91. The molecule has 2 aliphatic rings. The fourth-order valence-electron chi connectivity index (χ4n) is 3.61. The second-order valence-corrected chi connectivity index (χ2v) is 6.98. The standard InChI is InChI=1S/C14H28N2O/c1-11-12(7-6-8-15-11)16-9-13(2,3)17-14(4,5)10-16/h11-12,15H,6-10H2,1-5H3. The number of nitrogens with zero attached hydrogens (tertiary/aromatic N) is 1. The lowest BCUT2D eigenvalue weighted by molar-refractivity contribution is -0.190. The lowest BCUT2D eigenvalue weighted by Gasteiger charge is -2.51. The van der Waals surface area contributed by atoms with Crippen molar-refractivity contribution < 1.29 is 4.74 Å². The molecule has 0 spiro atoms. The molecule has 100 valence electrons. The first-order valence-electron chi connectivity index (χ1n) is 6.97. The Morgan fingerprint density at radius 1 is 1.12 bits per heavy atom. The molecule has 2 aliphatic heterocycles. The topological polar surface area (TPSA) is 24.5 Å². The Morgan fingerprint density at radius 2 is 1.71 bits per heavy atom. The normalized spacial score (nSPS) is 37.9. The quantitative estimate of drug-likeness (QED) is 0.759. The number of rotatable bonds is 1. The Balaban J connectivity index is 2.09. The molecule has 0 aromatic heterocycles. The highest BCUT2D eigenvalue weighted by Gasteiger charge is 2.41. The Kier molecular flexibility index (Phi) is 3.54. The van der Waals surface area contributed by atoms with Gasteiger partial charge in [0, 0.05) is 25.2 Å². The van der Waals surface area contributed by atoms with E-state index in [1.807, 2.05) is 0 Å². The maximum atomic E-state index is 6.16. The zero-order chi connectivity index (χ0) is 12.7. The number of hydrogen-bond donors (Lipinski definition) is 1. The number of morpholine rings is 1. The van der Waals surface area contributed by atoms with Gasteiger partial charge in [-0.1, -0.05) is 0 Å². The van der Waals surface area contributed by atoms with E-state index in [0.717, 1.165) is 13.1 Å². The van der Waals surface area contributed by atoms with Gasteiger partial charge in [0.15, 0.2) is 0 Å². The largest absolute Gasteiger partial charge is 0.367 e. The van der Waals surface area contributed by atoms with Crippen LogP contribution in [0.5, 0.6) is 0 Å². The van der Waals surface area contributed by atoms with Gasteiger partial charge < -0.3 is 10.1 Å². The Bertz CT molecular complexity index is 259. The second-order valence-electron chi connectivity index (χ2n) is 6.98. The van der Waals surface area contributed by atoms with Crippen molar-refractivity contribution in [2.75, 3.05) is 19.6 Å². The summed E-state index contributed by atoms with van der Waals surface area (Å²) in [4.78, 5) is 2.64. The van der Waals surface area contributed by atoms with Gasteiger partial charge in [0.2, 0.25) is 0 Å². The van der Waals surface area contributed by atoms with Gasteiger partial charge in [0.05, 0.1) is 11.2 Å². The minimum Gasteiger partial charge on any atom is -0.367 e. The molecule has 2 rings (SSSR count). The number of hydrogen-bond acceptors (Lipinski definition) is 3. The number of piperidine rings is 1. The number of ether oxygens (including phenoxy) is 1. The lowest BCUT2D eigenvalue weighted by atomic mass is 9.92. The van der Waals surface area contributed by atoms with Crippen molar-refractivity contribution in [2.45, 2.75) is 70.7 Å². The molecular weight excluding hydrogens is 212 g/mol. The molecule has 2 saturated heterocycles. The zero-order valence-corrected chi connectivity index (χ0v) is 12.0. The lowest BCUT2D eigenvalue weighted by Crippen LogP contribution is -2.63. The van der Waals surface area contributed by atoms with Crippen molar-refractivity contribution in [3.8, 4) is 0 Å². The van der Waals surface area contributed by atoms with Gasteiger partial charge in [-0.15, -0.1) is 0 Å².